The maximum Gasteiger partial charge on any atom is 0.124 e. The molecule has 1 atom stereocenters. The van der Waals surface area contributed by atoms with Crippen LogP contribution in [0, 0.1) is 5.82 Å². The summed E-state index contributed by atoms with van der Waals surface area (Å²) in [6.45, 7) is 0. The van der Waals surface area contributed by atoms with Crippen molar-refractivity contribution in [3.63, 3.8) is 0 Å². The molecule has 0 radical (unpaired) electrons. The summed E-state index contributed by atoms with van der Waals surface area (Å²) in [5, 5.41) is 3.21. The highest BCUT2D eigenvalue weighted by atomic mass is 79.9. The molecular weight excluding hydrogens is 375 g/mol. The smallest absolute Gasteiger partial charge is 0.124 e. The number of benzene rings is 1. The fourth-order valence-corrected chi connectivity index (χ4v) is 2.86. The molecule has 0 bridgehead atoms. The molecule has 1 heterocycles. The van der Waals surface area contributed by atoms with Crippen molar-refractivity contribution in [3.05, 3.63) is 62.5 Å². The van der Waals surface area contributed by atoms with Crippen LogP contribution >= 0.6 is 31.9 Å². The van der Waals surface area contributed by atoms with Crippen LogP contribution in [-0.4, -0.2) is 12.0 Å². The van der Waals surface area contributed by atoms with Gasteiger partial charge in [0.1, 0.15) is 5.82 Å². The van der Waals surface area contributed by atoms with Gasteiger partial charge in [-0.1, -0.05) is 15.9 Å². The van der Waals surface area contributed by atoms with Gasteiger partial charge in [-0.05, 0) is 64.8 Å². The number of pyridine rings is 1. The van der Waals surface area contributed by atoms with Crippen LogP contribution in [0.2, 0.25) is 0 Å². The molecule has 0 spiro atoms. The second kappa shape index (κ2) is 6.59. The van der Waals surface area contributed by atoms with Crippen molar-refractivity contribution >= 4 is 31.9 Å². The van der Waals surface area contributed by atoms with E-state index in [-0.39, 0.29) is 11.9 Å². The first kappa shape index (κ1) is 14.6. The second-order valence-corrected chi connectivity index (χ2v) is 6.09. The molecule has 0 aliphatic carbocycles. The minimum atomic E-state index is -0.239. The standard InChI is InChI=1S/C14H13Br2FN2/c1-18-14(3-9-2-12(16)8-19-7-9)10-4-11(15)6-13(17)5-10/h2,4-8,14,18H,3H2,1H3. The molecular formula is C14H13Br2FN2. The Balaban J connectivity index is 2.24. The predicted molar refractivity (Wildman–Crippen MR) is 81.5 cm³/mol. The summed E-state index contributed by atoms with van der Waals surface area (Å²) < 4.78 is 15.1. The Hall–Kier alpha value is -0.780. The zero-order chi connectivity index (χ0) is 13.8. The lowest BCUT2D eigenvalue weighted by atomic mass is 10.00. The van der Waals surface area contributed by atoms with E-state index in [1.807, 2.05) is 25.4 Å². The summed E-state index contributed by atoms with van der Waals surface area (Å²) in [5.74, 6) is -0.239. The maximum absolute atomic E-state index is 13.4. The maximum atomic E-state index is 13.4. The number of nitrogens with one attached hydrogen (secondary N) is 1. The molecule has 2 nitrogen and oxygen atoms in total. The first-order valence-electron chi connectivity index (χ1n) is 5.81. The molecule has 2 rings (SSSR count). The molecule has 1 aromatic carbocycles. The molecule has 0 aliphatic heterocycles. The zero-order valence-corrected chi connectivity index (χ0v) is 13.5. The summed E-state index contributed by atoms with van der Waals surface area (Å²) in [7, 11) is 1.87. The number of hydrogen-bond acceptors (Lipinski definition) is 2. The van der Waals surface area contributed by atoms with E-state index in [9.17, 15) is 4.39 Å². The second-order valence-electron chi connectivity index (χ2n) is 4.26. The largest absolute Gasteiger partial charge is 0.313 e. The van der Waals surface area contributed by atoms with Gasteiger partial charge in [-0.15, -0.1) is 0 Å². The van der Waals surface area contributed by atoms with Crippen LogP contribution in [0.25, 0.3) is 0 Å². The SMILES string of the molecule is CNC(Cc1cncc(Br)c1)c1cc(F)cc(Br)c1. The molecule has 19 heavy (non-hydrogen) atoms. The van der Waals surface area contributed by atoms with Gasteiger partial charge in [-0.2, -0.15) is 0 Å². The van der Waals surface area contributed by atoms with Gasteiger partial charge in [0.15, 0.2) is 0 Å². The Bertz CT molecular complexity index is 555. The fraction of sp³-hybridized carbons (Fsp3) is 0.214. The number of hydrogen-bond donors (Lipinski definition) is 1. The Morgan fingerprint density at radius 2 is 1.95 bits per heavy atom. The summed E-state index contributed by atoms with van der Waals surface area (Å²) in [5.41, 5.74) is 2.00. The highest BCUT2D eigenvalue weighted by molar-refractivity contribution is 9.10. The molecule has 100 valence electrons. The third-order valence-electron chi connectivity index (χ3n) is 2.84. The Morgan fingerprint density at radius 1 is 1.16 bits per heavy atom. The van der Waals surface area contributed by atoms with Crippen LogP contribution in [-0.2, 0) is 6.42 Å². The van der Waals surface area contributed by atoms with E-state index >= 15 is 0 Å². The van der Waals surface area contributed by atoms with Crippen molar-refractivity contribution < 1.29 is 4.39 Å². The lowest BCUT2D eigenvalue weighted by Crippen LogP contribution is -2.19. The van der Waals surface area contributed by atoms with Crippen molar-refractivity contribution in [1.29, 1.82) is 0 Å². The van der Waals surface area contributed by atoms with Gasteiger partial charge in [0, 0.05) is 27.4 Å². The summed E-state index contributed by atoms with van der Waals surface area (Å²) in [6, 6.07) is 7.00. The van der Waals surface area contributed by atoms with E-state index in [1.165, 1.54) is 6.07 Å². The Morgan fingerprint density at radius 3 is 2.58 bits per heavy atom. The molecule has 5 heteroatoms. The third-order valence-corrected chi connectivity index (χ3v) is 3.73. The molecule has 2 aromatic rings. The molecule has 0 amide bonds. The van der Waals surface area contributed by atoms with E-state index in [2.05, 4.69) is 42.2 Å². The molecule has 0 saturated carbocycles. The monoisotopic (exact) mass is 386 g/mol. The van der Waals surface area contributed by atoms with Gasteiger partial charge in [0.2, 0.25) is 0 Å². The van der Waals surface area contributed by atoms with E-state index < -0.39 is 0 Å². The Labute approximate surface area is 128 Å². The van der Waals surface area contributed by atoms with Crippen molar-refractivity contribution in [2.24, 2.45) is 0 Å². The van der Waals surface area contributed by atoms with Gasteiger partial charge in [0.25, 0.3) is 0 Å². The van der Waals surface area contributed by atoms with Gasteiger partial charge in [-0.25, -0.2) is 4.39 Å². The van der Waals surface area contributed by atoms with Crippen molar-refractivity contribution in [2.75, 3.05) is 7.05 Å². The molecule has 0 aliphatic rings. The highest BCUT2D eigenvalue weighted by Crippen LogP contribution is 2.23. The van der Waals surface area contributed by atoms with Crippen LogP contribution in [0.5, 0.6) is 0 Å². The van der Waals surface area contributed by atoms with Gasteiger partial charge < -0.3 is 5.32 Å². The minimum Gasteiger partial charge on any atom is -0.313 e. The fourth-order valence-electron chi connectivity index (χ4n) is 1.97. The van der Waals surface area contributed by atoms with Gasteiger partial charge in [-0.3, -0.25) is 4.98 Å². The van der Waals surface area contributed by atoms with Crippen LogP contribution in [0.15, 0.2) is 45.6 Å². The van der Waals surface area contributed by atoms with Gasteiger partial charge in [0.05, 0.1) is 0 Å². The molecule has 1 N–H and O–H groups in total. The van der Waals surface area contributed by atoms with Crippen LogP contribution < -0.4 is 5.32 Å². The normalized spacial score (nSPS) is 12.4. The average Bonchev–Trinajstić information content (AvgIpc) is 2.34. The summed E-state index contributed by atoms with van der Waals surface area (Å²) in [4.78, 5) is 4.14. The number of halogens is 3. The minimum absolute atomic E-state index is 0.0445. The lowest BCUT2D eigenvalue weighted by Gasteiger charge is -2.17. The van der Waals surface area contributed by atoms with E-state index in [0.29, 0.717) is 0 Å². The van der Waals surface area contributed by atoms with Crippen LogP contribution in [0.4, 0.5) is 4.39 Å². The number of nitrogens with zero attached hydrogens (tertiary/aromatic N) is 1. The topological polar surface area (TPSA) is 24.9 Å². The van der Waals surface area contributed by atoms with Crippen molar-refractivity contribution in [1.82, 2.24) is 10.3 Å². The van der Waals surface area contributed by atoms with E-state index in [0.717, 1.165) is 26.5 Å². The van der Waals surface area contributed by atoms with Gasteiger partial charge >= 0.3 is 0 Å². The quantitative estimate of drug-likeness (QED) is 0.848. The third kappa shape index (κ3) is 4.09. The Kier molecular flexibility index (Phi) is 5.07. The lowest BCUT2D eigenvalue weighted by molar-refractivity contribution is 0.576. The molecule has 0 fully saturated rings. The van der Waals surface area contributed by atoms with E-state index in [4.69, 9.17) is 0 Å². The summed E-state index contributed by atoms with van der Waals surface area (Å²) in [6.07, 6.45) is 4.32. The first-order chi connectivity index (χ1) is 9.08. The summed E-state index contributed by atoms with van der Waals surface area (Å²) >= 11 is 6.72. The van der Waals surface area contributed by atoms with E-state index in [1.54, 1.807) is 12.3 Å². The first-order valence-corrected chi connectivity index (χ1v) is 7.40. The van der Waals surface area contributed by atoms with Crippen LogP contribution in [0.3, 0.4) is 0 Å². The van der Waals surface area contributed by atoms with Crippen LogP contribution in [0.1, 0.15) is 17.2 Å². The number of likely N-dealkylation sites (N-methyl/N-ethyl adjacent to an activating group) is 1. The average molecular weight is 388 g/mol. The van der Waals surface area contributed by atoms with Crippen molar-refractivity contribution in [2.45, 2.75) is 12.5 Å². The molecule has 1 aromatic heterocycles. The number of aromatic nitrogens is 1. The van der Waals surface area contributed by atoms with Crippen molar-refractivity contribution in [3.8, 4) is 0 Å². The predicted octanol–water partition coefficient (Wildman–Crippen LogP) is 4.25. The molecule has 0 saturated heterocycles. The zero-order valence-electron chi connectivity index (χ0n) is 10.3. The number of rotatable bonds is 4. The highest BCUT2D eigenvalue weighted by Gasteiger charge is 2.12. The molecule has 1 unspecified atom stereocenters.